The molecule has 0 aromatic heterocycles. The zero-order valence-corrected chi connectivity index (χ0v) is 6.04. The molecule has 2 heteroatoms. The first kappa shape index (κ1) is 6.38. The van der Waals surface area contributed by atoms with Crippen molar-refractivity contribution in [3.05, 3.63) is 34.9 Å². The van der Waals surface area contributed by atoms with Crippen LogP contribution in [0, 0.1) is 11.3 Å². The van der Waals surface area contributed by atoms with Crippen molar-refractivity contribution in [1.82, 2.24) is 5.32 Å². The van der Waals surface area contributed by atoms with E-state index in [0.717, 1.165) is 18.7 Å². The van der Waals surface area contributed by atoms with Crippen molar-refractivity contribution in [2.24, 2.45) is 0 Å². The number of nitrogens with zero attached hydrogens (tertiary/aromatic N) is 2. The summed E-state index contributed by atoms with van der Waals surface area (Å²) in [7, 11) is 0. The van der Waals surface area contributed by atoms with E-state index in [4.69, 9.17) is 5.26 Å². The van der Waals surface area contributed by atoms with Crippen LogP contribution in [0.1, 0.15) is 16.7 Å². The van der Waals surface area contributed by atoms with Crippen molar-refractivity contribution < 1.29 is 0 Å². The smallest absolute Gasteiger partial charge is 0.0991 e. The van der Waals surface area contributed by atoms with Gasteiger partial charge in [0.05, 0.1) is 11.6 Å². The highest BCUT2D eigenvalue weighted by atomic mass is 14.9. The van der Waals surface area contributed by atoms with Crippen LogP contribution in [-0.4, -0.2) is 0 Å². The molecule has 11 heavy (non-hydrogen) atoms. The Morgan fingerprint density at radius 3 is 2.91 bits per heavy atom. The summed E-state index contributed by atoms with van der Waals surface area (Å²) < 4.78 is 0. The van der Waals surface area contributed by atoms with Crippen molar-refractivity contribution >= 4 is 0 Å². The minimum atomic E-state index is 0.737. The number of benzene rings is 1. The van der Waals surface area contributed by atoms with Crippen LogP contribution in [-0.2, 0) is 13.1 Å². The van der Waals surface area contributed by atoms with Gasteiger partial charge in [-0.25, -0.2) is 5.32 Å². The maximum Gasteiger partial charge on any atom is 0.0991 e. The van der Waals surface area contributed by atoms with Gasteiger partial charge in [-0.3, -0.25) is 0 Å². The Hall–Kier alpha value is -1.33. The molecular formula is C9H7N2. The lowest BCUT2D eigenvalue weighted by atomic mass is 10.1. The molecule has 2 rings (SSSR count). The molecule has 1 aliphatic heterocycles. The molecule has 0 atom stereocenters. The number of fused-ring (bicyclic) bond motifs is 1. The first-order valence-electron chi connectivity index (χ1n) is 3.55. The summed E-state index contributed by atoms with van der Waals surface area (Å²) in [5.41, 5.74) is 3.22. The van der Waals surface area contributed by atoms with Crippen LogP contribution in [0.4, 0.5) is 0 Å². The lowest BCUT2D eigenvalue weighted by molar-refractivity contribution is 0.746. The quantitative estimate of drug-likeness (QED) is 0.537. The molecular weight excluding hydrogens is 136 g/mol. The van der Waals surface area contributed by atoms with Gasteiger partial charge in [-0.1, -0.05) is 6.07 Å². The Morgan fingerprint density at radius 2 is 2.09 bits per heavy atom. The largest absolute Gasteiger partial charge is 0.232 e. The Balaban J connectivity index is 2.51. The van der Waals surface area contributed by atoms with E-state index >= 15 is 0 Å². The maximum atomic E-state index is 8.59. The molecule has 0 bridgehead atoms. The average Bonchev–Trinajstić information content (AvgIpc) is 2.50. The third kappa shape index (κ3) is 0.997. The normalized spacial score (nSPS) is 14.1. The average molecular weight is 143 g/mol. The molecule has 0 spiro atoms. The molecule has 0 unspecified atom stereocenters. The van der Waals surface area contributed by atoms with E-state index in [0.29, 0.717) is 0 Å². The van der Waals surface area contributed by atoms with Crippen molar-refractivity contribution in [3.63, 3.8) is 0 Å². The standard InChI is InChI=1S/C9H7N2/c10-4-7-1-2-8-5-11-6-9(8)3-7/h1-3H,5-6H2. The van der Waals surface area contributed by atoms with Gasteiger partial charge in [-0.2, -0.15) is 5.26 Å². The van der Waals surface area contributed by atoms with Gasteiger partial charge < -0.3 is 0 Å². The predicted octanol–water partition coefficient (Wildman–Crippen LogP) is 1.18. The van der Waals surface area contributed by atoms with Gasteiger partial charge in [0.2, 0.25) is 0 Å². The molecule has 0 fully saturated rings. The fourth-order valence-electron chi connectivity index (χ4n) is 1.29. The highest BCUT2D eigenvalue weighted by Gasteiger charge is 2.10. The second-order valence-electron chi connectivity index (χ2n) is 2.64. The summed E-state index contributed by atoms with van der Waals surface area (Å²) in [6.45, 7) is 1.60. The third-order valence-corrected chi connectivity index (χ3v) is 1.90. The van der Waals surface area contributed by atoms with Crippen LogP contribution in [0.3, 0.4) is 0 Å². The van der Waals surface area contributed by atoms with E-state index in [1.807, 2.05) is 18.2 Å². The van der Waals surface area contributed by atoms with E-state index in [9.17, 15) is 0 Å². The van der Waals surface area contributed by atoms with Crippen molar-refractivity contribution in [3.8, 4) is 6.07 Å². The maximum absolute atomic E-state index is 8.59. The second-order valence-corrected chi connectivity index (χ2v) is 2.64. The van der Waals surface area contributed by atoms with Gasteiger partial charge in [0.25, 0.3) is 0 Å². The second kappa shape index (κ2) is 2.37. The predicted molar refractivity (Wildman–Crippen MR) is 40.7 cm³/mol. The first-order chi connectivity index (χ1) is 5.40. The number of rotatable bonds is 0. The zero-order valence-electron chi connectivity index (χ0n) is 6.04. The highest BCUT2D eigenvalue weighted by Crippen LogP contribution is 2.17. The molecule has 1 aromatic carbocycles. The van der Waals surface area contributed by atoms with E-state index in [1.165, 1.54) is 11.1 Å². The zero-order chi connectivity index (χ0) is 7.68. The fourth-order valence-corrected chi connectivity index (χ4v) is 1.29. The van der Waals surface area contributed by atoms with Crippen LogP contribution in [0.15, 0.2) is 18.2 Å². The third-order valence-electron chi connectivity index (χ3n) is 1.90. The van der Waals surface area contributed by atoms with Gasteiger partial charge in [0.15, 0.2) is 0 Å². The van der Waals surface area contributed by atoms with Gasteiger partial charge in [-0.15, -0.1) is 0 Å². The minimum absolute atomic E-state index is 0.737. The SMILES string of the molecule is N#Cc1ccc2c(c1)C[N]C2. The van der Waals surface area contributed by atoms with Gasteiger partial charge in [0, 0.05) is 13.1 Å². The lowest BCUT2D eigenvalue weighted by Gasteiger charge is -1.95. The highest BCUT2D eigenvalue weighted by molar-refractivity contribution is 5.39. The monoisotopic (exact) mass is 143 g/mol. The number of hydrogen-bond donors (Lipinski definition) is 0. The van der Waals surface area contributed by atoms with Crippen LogP contribution < -0.4 is 5.32 Å². The first-order valence-corrected chi connectivity index (χ1v) is 3.55. The number of nitriles is 1. The van der Waals surface area contributed by atoms with Gasteiger partial charge >= 0.3 is 0 Å². The van der Waals surface area contributed by atoms with E-state index < -0.39 is 0 Å². The van der Waals surface area contributed by atoms with Crippen LogP contribution in [0.25, 0.3) is 0 Å². The van der Waals surface area contributed by atoms with E-state index in [2.05, 4.69) is 11.4 Å². The molecule has 2 nitrogen and oxygen atoms in total. The summed E-state index contributed by atoms with van der Waals surface area (Å²) in [6, 6.07) is 7.87. The minimum Gasteiger partial charge on any atom is -0.232 e. The van der Waals surface area contributed by atoms with Crippen molar-refractivity contribution in [2.45, 2.75) is 13.1 Å². The van der Waals surface area contributed by atoms with Crippen molar-refractivity contribution in [1.29, 1.82) is 5.26 Å². The van der Waals surface area contributed by atoms with Crippen LogP contribution in [0.5, 0.6) is 0 Å². The molecule has 53 valence electrons. The summed E-state index contributed by atoms with van der Waals surface area (Å²) in [5.74, 6) is 0. The molecule has 0 saturated heterocycles. The Morgan fingerprint density at radius 1 is 1.27 bits per heavy atom. The Kier molecular flexibility index (Phi) is 1.38. The molecule has 0 aliphatic carbocycles. The summed E-state index contributed by atoms with van der Waals surface area (Å²) in [5, 5.41) is 12.8. The Labute approximate surface area is 65.5 Å². The topological polar surface area (TPSA) is 37.9 Å². The summed E-state index contributed by atoms with van der Waals surface area (Å²) >= 11 is 0. The lowest BCUT2D eigenvalue weighted by Crippen LogP contribution is -1.88. The van der Waals surface area contributed by atoms with Gasteiger partial charge in [-0.05, 0) is 23.3 Å². The molecule has 1 radical (unpaired) electrons. The Bertz CT molecular complexity index is 323. The molecule has 0 saturated carbocycles. The van der Waals surface area contributed by atoms with Crippen LogP contribution in [0.2, 0.25) is 0 Å². The fraction of sp³-hybridized carbons (Fsp3) is 0.222. The van der Waals surface area contributed by atoms with Gasteiger partial charge in [0.1, 0.15) is 0 Å². The van der Waals surface area contributed by atoms with E-state index in [-0.39, 0.29) is 0 Å². The molecule has 1 aromatic rings. The van der Waals surface area contributed by atoms with E-state index in [1.54, 1.807) is 0 Å². The molecule has 1 heterocycles. The van der Waals surface area contributed by atoms with Crippen LogP contribution >= 0.6 is 0 Å². The molecule has 0 N–H and O–H groups in total. The number of hydrogen-bond acceptors (Lipinski definition) is 1. The summed E-state index contributed by atoms with van der Waals surface area (Å²) in [6.07, 6.45) is 0. The van der Waals surface area contributed by atoms with Crippen molar-refractivity contribution in [2.75, 3.05) is 0 Å². The molecule has 1 aliphatic rings. The summed E-state index contributed by atoms with van der Waals surface area (Å²) in [4.78, 5) is 0. The molecule has 0 amide bonds.